The first-order valence-corrected chi connectivity index (χ1v) is 8.26. The molecule has 1 unspecified atom stereocenters. The van der Waals surface area contributed by atoms with Gasteiger partial charge in [0.2, 0.25) is 0 Å². The van der Waals surface area contributed by atoms with Crippen molar-refractivity contribution in [1.82, 2.24) is 5.32 Å². The van der Waals surface area contributed by atoms with Crippen molar-refractivity contribution in [2.45, 2.75) is 13.0 Å². The number of ether oxygens (including phenoxy) is 2. The van der Waals surface area contributed by atoms with Crippen molar-refractivity contribution < 1.29 is 9.47 Å². The number of methoxy groups -OCH3 is 2. The maximum absolute atomic E-state index is 5.29. The Balaban J connectivity index is 2.01. The maximum atomic E-state index is 5.29. The fourth-order valence-electron chi connectivity index (χ4n) is 2.80. The minimum atomic E-state index is 0.642. The smallest absolute Gasteiger partial charge is 0.0587 e. The molecule has 0 bridgehead atoms. The third-order valence-corrected chi connectivity index (χ3v) is 4.37. The summed E-state index contributed by atoms with van der Waals surface area (Å²) in [6.07, 6.45) is 1.21. The van der Waals surface area contributed by atoms with E-state index in [1.165, 1.54) is 17.7 Å². The normalized spacial score (nSPS) is 18.4. The Hall–Kier alpha value is -0.620. The van der Waals surface area contributed by atoms with Crippen LogP contribution in [0.3, 0.4) is 0 Å². The van der Waals surface area contributed by atoms with Crippen LogP contribution in [0.15, 0.2) is 22.7 Å². The van der Waals surface area contributed by atoms with Gasteiger partial charge in [0.05, 0.1) is 13.2 Å². The van der Waals surface area contributed by atoms with E-state index in [2.05, 4.69) is 44.3 Å². The number of anilines is 1. The van der Waals surface area contributed by atoms with Gasteiger partial charge in [-0.15, -0.1) is 0 Å². The summed E-state index contributed by atoms with van der Waals surface area (Å²) >= 11 is 3.59. The molecule has 1 N–H and O–H groups in total. The molecule has 0 aromatic heterocycles. The molecule has 1 aliphatic rings. The number of halogens is 1. The predicted octanol–water partition coefficient (Wildman–Crippen LogP) is 2.66. The number of nitrogens with one attached hydrogen (secondary N) is 1. The average Bonchev–Trinajstić information content (AvgIpc) is 2.94. The van der Waals surface area contributed by atoms with Crippen molar-refractivity contribution in [1.29, 1.82) is 0 Å². The monoisotopic (exact) mass is 356 g/mol. The van der Waals surface area contributed by atoms with Crippen molar-refractivity contribution in [2.24, 2.45) is 5.92 Å². The second-order valence-corrected chi connectivity index (χ2v) is 6.41. The van der Waals surface area contributed by atoms with Crippen LogP contribution in [0.2, 0.25) is 0 Å². The van der Waals surface area contributed by atoms with E-state index in [0.29, 0.717) is 5.92 Å². The Bertz CT molecular complexity index is 442. The first-order chi connectivity index (χ1) is 10.2. The zero-order valence-corrected chi connectivity index (χ0v) is 14.5. The molecular formula is C16H25BrN2O2. The fraction of sp³-hybridized carbons (Fsp3) is 0.625. The number of benzene rings is 1. The van der Waals surface area contributed by atoms with Gasteiger partial charge in [-0.05, 0) is 24.1 Å². The van der Waals surface area contributed by atoms with Crippen LogP contribution in [-0.4, -0.2) is 47.1 Å². The molecule has 1 aromatic carbocycles. The lowest BCUT2D eigenvalue weighted by Gasteiger charge is -2.23. The Labute approximate surface area is 135 Å². The second kappa shape index (κ2) is 8.73. The first-order valence-electron chi connectivity index (χ1n) is 7.46. The van der Waals surface area contributed by atoms with E-state index < -0.39 is 0 Å². The predicted molar refractivity (Wildman–Crippen MR) is 89.9 cm³/mol. The Morgan fingerprint density at radius 3 is 2.95 bits per heavy atom. The van der Waals surface area contributed by atoms with Gasteiger partial charge in [-0.1, -0.05) is 22.0 Å². The summed E-state index contributed by atoms with van der Waals surface area (Å²) < 4.78 is 11.5. The Morgan fingerprint density at radius 1 is 1.33 bits per heavy atom. The van der Waals surface area contributed by atoms with E-state index in [1.807, 2.05) is 0 Å². The van der Waals surface area contributed by atoms with Crippen LogP contribution in [0.5, 0.6) is 0 Å². The summed E-state index contributed by atoms with van der Waals surface area (Å²) in [4.78, 5) is 2.47. The molecule has 1 atom stereocenters. The number of nitrogens with zero attached hydrogens (tertiary/aromatic N) is 1. The van der Waals surface area contributed by atoms with Crippen LogP contribution in [0, 0.1) is 5.92 Å². The second-order valence-electron chi connectivity index (χ2n) is 5.50. The highest BCUT2D eigenvalue weighted by Gasteiger charge is 2.24. The van der Waals surface area contributed by atoms with Crippen LogP contribution in [-0.2, 0) is 16.0 Å². The third kappa shape index (κ3) is 4.95. The highest BCUT2D eigenvalue weighted by atomic mass is 79.9. The van der Waals surface area contributed by atoms with Crippen LogP contribution >= 0.6 is 15.9 Å². The molecule has 4 nitrogen and oxygen atoms in total. The minimum absolute atomic E-state index is 0.642. The standard InChI is InChI=1S/C16H25BrN2O2/c1-20-8-6-18-10-14-3-4-15(17)9-16(14)19-7-5-13(11-19)12-21-2/h3-4,9,13,18H,5-8,10-12H2,1-2H3. The molecule has 1 aromatic rings. The quantitative estimate of drug-likeness (QED) is 0.726. The summed E-state index contributed by atoms with van der Waals surface area (Å²) in [5.41, 5.74) is 2.67. The molecular weight excluding hydrogens is 332 g/mol. The SMILES string of the molecule is COCCNCc1ccc(Br)cc1N1CCC(COC)C1. The summed E-state index contributed by atoms with van der Waals surface area (Å²) in [5.74, 6) is 0.642. The van der Waals surface area contributed by atoms with Gasteiger partial charge in [-0.2, -0.15) is 0 Å². The molecule has 5 heteroatoms. The van der Waals surface area contributed by atoms with Crippen LogP contribution in [0.1, 0.15) is 12.0 Å². The molecule has 2 rings (SSSR count). The van der Waals surface area contributed by atoms with E-state index in [4.69, 9.17) is 9.47 Å². The minimum Gasteiger partial charge on any atom is -0.384 e. The summed E-state index contributed by atoms with van der Waals surface area (Å²) in [5, 5.41) is 3.43. The molecule has 1 fully saturated rings. The van der Waals surface area contributed by atoms with Crippen molar-refractivity contribution in [2.75, 3.05) is 52.0 Å². The van der Waals surface area contributed by atoms with Crippen molar-refractivity contribution >= 4 is 21.6 Å². The summed E-state index contributed by atoms with van der Waals surface area (Å²) in [6, 6.07) is 6.53. The number of rotatable bonds is 8. The molecule has 1 saturated heterocycles. The Morgan fingerprint density at radius 2 is 2.19 bits per heavy atom. The van der Waals surface area contributed by atoms with Crippen LogP contribution in [0.25, 0.3) is 0 Å². The highest BCUT2D eigenvalue weighted by molar-refractivity contribution is 9.10. The van der Waals surface area contributed by atoms with E-state index in [0.717, 1.165) is 43.9 Å². The molecule has 0 radical (unpaired) electrons. The van der Waals surface area contributed by atoms with Crippen LogP contribution < -0.4 is 10.2 Å². The molecule has 118 valence electrons. The molecule has 1 aliphatic heterocycles. The fourth-order valence-corrected chi connectivity index (χ4v) is 3.15. The zero-order chi connectivity index (χ0) is 15.1. The zero-order valence-electron chi connectivity index (χ0n) is 12.9. The van der Waals surface area contributed by atoms with Gasteiger partial charge in [0.25, 0.3) is 0 Å². The lowest BCUT2D eigenvalue weighted by molar-refractivity contribution is 0.161. The first kappa shape index (κ1) is 16.7. The summed E-state index contributed by atoms with van der Waals surface area (Å²) in [7, 11) is 3.51. The van der Waals surface area contributed by atoms with Crippen molar-refractivity contribution in [3.05, 3.63) is 28.2 Å². The topological polar surface area (TPSA) is 33.7 Å². The van der Waals surface area contributed by atoms with E-state index >= 15 is 0 Å². The van der Waals surface area contributed by atoms with Gasteiger partial charge in [0.15, 0.2) is 0 Å². The molecule has 0 spiro atoms. The molecule has 0 saturated carbocycles. The van der Waals surface area contributed by atoms with Gasteiger partial charge in [-0.25, -0.2) is 0 Å². The van der Waals surface area contributed by atoms with E-state index in [1.54, 1.807) is 14.2 Å². The molecule has 0 amide bonds. The lowest BCUT2D eigenvalue weighted by atomic mass is 10.1. The largest absolute Gasteiger partial charge is 0.384 e. The molecule has 21 heavy (non-hydrogen) atoms. The van der Waals surface area contributed by atoms with Crippen LogP contribution in [0.4, 0.5) is 5.69 Å². The van der Waals surface area contributed by atoms with Gasteiger partial charge in [0, 0.05) is 56.5 Å². The third-order valence-electron chi connectivity index (χ3n) is 3.87. The lowest BCUT2D eigenvalue weighted by Crippen LogP contribution is -2.24. The summed E-state index contributed by atoms with van der Waals surface area (Å²) in [6.45, 7) is 5.53. The van der Waals surface area contributed by atoms with Crippen molar-refractivity contribution in [3.63, 3.8) is 0 Å². The van der Waals surface area contributed by atoms with E-state index in [9.17, 15) is 0 Å². The van der Waals surface area contributed by atoms with Gasteiger partial charge in [0.1, 0.15) is 0 Å². The number of hydrogen-bond donors (Lipinski definition) is 1. The van der Waals surface area contributed by atoms with Crippen molar-refractivity contribution in [3.8, 4) is 0 Å². The number of hydrogen-bond acceptors (Lipinski definition) is 4. The van der Waals surface area contributed by atoms with Gasteiger partial charge in [-0.3, -0.25) is 0 Å². The average molecular weight is 357 g/mol. The molecule has 1 heterocycles. The van der Waals surface area contributed by atoms with Gasteiger partial charge >= 0.3 is 0 Å². The van der Waals surface area contributed by atoms with E-state index in [-0.39, 0.29) is 0 Å². The maximum Gasteiger partial charge on any atom is 0.0587 e. The van der Waals surface area contributed by atoms with Gasteiger partial charge < -0.3 is 19.7 Å². The highest BCUT2D eigenvalue weighted by Crippen LogP contribution is 2.30. The molecule has 0 aliphatic carbocycles. The Kier molecular flexibility index (Phi) is 6.96.